The van der Waals surface area contributed by atoms with Crippen LogP contribution in [-0.2, 0) is 24.1 Å². The fourth-order valence-corrected chi connectivity index (χ4v) is 5.79. The molecule has 2 fully saturated rings. The molecule has 2 aromatic rings. The van der Waals surface area contributed by atoms with E-state index in [4.69, 9.17) is 0 Å². The van der Waals surface area contributed by atoms with Crippen molar-refractivity contribution in [2.45, 2.75) is 50.9 Å². The summed E-state index contributed by atoms with van der Waals surface area (Å²) >= 11 is 0. The molecule has 13 heteroatoms. The zero-order valence-corrected chi connectivity index (χ0v) is 19.2. The van der Waals surface area contributed by atoms with Gasteiger partial charge in [-0.2, -0.15) is 15.4 Å². The number of nitrogens with zero attached hydrogens (tertiary/aromatic N) is 4. The summed E-state index contributed by atoms with van der Waals surface area (Å²) in [4.78, 5) is 28.0. The van der Waals surface area contributed by atoms with Gasteiger partial charge in [-0.15, -0.1) is 13.2 Å². The number of carboxylic acid groups (broad SMARTS) is 1. The summed E-state index contributed by atoms with van der Waals surface area (Å²) < 4.78 is 56.2. The molecule has 2 amide bonds. The van der Waals surface area contributed by atoms with E-state index in [2.05, 4.69) is 20.1 Å². The van der Waals surface area contributed by atoms with Crippen molar-refractivity contribution in [3.05, 3.63) is 41.0 Å². The number of hydrogen-bond acceptors (Lipinski definition) is 5. The number of likely N-dealkylation sites (tertiary alicyclic amines) is 2. The topological polar surface area (TPSA) is 112 Å². The van der Waals surface area contributed by atoms with Crippen molar-refractivity contribution in [1.29, 1.82) is 0 Å². The van der Waals surface area contributed by atoms with E-state index in [-0.39, 0.29) is 29.2 Å². The first-order valence-corrected chi connectivity index (χ1v) is 11.8. The van der Waals surface area contributed by atoms with Gasteiger partial charge < -0.3 is 19.6 Å². The van der Waals surface area contributed by atoms with Gasteiger partial charge in [-0.05, 0) is 43.7 Å². The van der Waals surface area contributed by atoms with E-state index in [0.717, 1.165) is 17.5 Å². The van der Waals surface area contributed by atoms with Crippen LogP contribution in [0.3, 0.4) is 0 Å². The lowest BCUT2D eigenvalue weighted by atomic mass is 9.63. The highest BCUT2D eigenvalue weighted by Crippen LogP contribution is 2.49. The van der Waals surface area contributed by atoms with Crippen LogP contribution < -0.4 is 4.74 Å². The predicted octanol–water partition coefficient (Wildman–Crippen LogP) is 3.16. The minimum atomic E-state index is -4.93. The van der Waals surface area contributed by atoms with Crippen LogP contribution >= 0.6 is 0 Å². The number of benzene rings is 1. The molecule has 0 radical (unpaired) electrons. The number of aromatic nitrogens is 3. The molecule has 1 aromatic carbocycles. The predicted molar refractivity (Wildman–Crippen MR) is 115 cm³/mol. The molecule has 3 aliphatic rings. The lowest BCUT2D eigenvalue weighted by Crippen LogP contribution is -2.70. The number of fused-ring (bicyclic) bond motifs is 1. The van der Waals surface area contributed by atoms with Crippen LogP contribution in [0, 0.1) is 17.2 Å². The highest BCUT2D eigenvalue weighted by molar-refractivity contribution is 5.81. The number of ether oxygens (including phenoxy) is 1. The van der Waals surface area contributed by atoms with Gasteiger partial charge in [0.15, 0.2) is 0 Å². The molecule has 194 valence electrons. The number of rotatable bonds is 4. The smallest absolute Gasteiger partial charge is 0.465 e. The number of carbonyl (C=O) groups is 2. The molecule has 0 bridgehead atoms. The fraction of sp³-hybridized carbons (Fsp3) is 0.565. The zero-order valence-electron chi connectivity index (χ0n) is 19.2. The van der Waals surface area contributed by atoms with Crippen LogP contribution in [0.1, 0.15) is 36.2 Å². The van der Waals surface area contributed by atoms with Gasteiger partial charge in [0.05, 0.1) is 11.4 Å². The van der Waals surface area contributed by atoms with E-state index in [1.165, 1.54) is 11.0 Å². The summed E-state index contributed by atoms with van der Waals surface area (Å²) in [5.41, 5.74) is 1.39. The second kappa shape index (κ2) is 8.93. The van der Waals surface area contributed by atoms with Crippen molar-refractivity contribution in [3.8, 4) is 5.75 Å². The lowest BCUT2D eigenvalue weighted by molar-refractivity contribution is -0.274. The number of aryl methyl sites for hydroxylation is 1. The molecule has 1 spiro atoms. The molecule has 9 nitrogen and oxygen atoms in total. The molecular formula is C23H25F4N5O4. The van der Waals surface area contributed by atoms with Crippen LogP contribution in [0.25, 0.3) is 0 Å². The SMILES string of the molecule is O=C(O)N1CCC2(CC1)CN(C(=O)C1CCc3n[nH]nc3C1)C2Cc1ccc(OC(F)(F)F)cc1F. The van der Waals surface area contributed by atoms with Gasteiger partial charge in [-0.1, -0.05) is 6.07 Å². The quantitative estimate of drug-likeness (QED) is 0.610. The van der Waals surface area contributed by atoms with Crippen molar-refractivity contribution in [2.75, 3.05) is 19.6 Å². The van der Waals surface area contributed by atoms with Crippen molar-refractivity contribution >= 4 is 12.0 Å². The van der Waals surface area contributed by atoms with Crippen molar-refractivity contribution in [1.82, 2.24) is 25.2 Å². The summed E-state index contributed by atoms with van der Waals surface area (Å²) in [6.45, 7) is 1.05. The fourth-order valence-electron chi connectivity index (χ4n) is 5.79. The van der Waals surface area contributed by atoms with Crippen LogP contribution in [0.2, 0.25) is 0 Å². The van der Waals surface area contributed by atoms with E-state index in [1.54, 1.807) is 4.90 Å². The Morgan fingerprint density at radius 3 is 2.58 bits per heavy atom. The van der Waals surface area contributed by atoms with E-state index in [0.29, 0.717) is 57.8 Å². The molecule has 3 heterocycles. The first kappa shape index (κ1) is 24.3. The third-order valence-corrected chi connectivity index (χ3v) is 7.77. The summed E-state index contributed by atoms with van der Waals surface area (Å²) in [6.07, 6.45) is -3.12. The Labute approximate surface area is 203 Å². The third kappa shape index (κ3) is 4.58. The van der Waals surface area contributed by atoms with E-state index < -0.39 is 30.1 Å². The number of aromatic amines is 1. The summed E-state index contributed by atoms with van der Waals surface area (Å²) in [5.74, 6) is -1.87. The molecule has 1 aromatic heterocycles. The van der Waals surface area contributed by atoms with Gasteiger partial charge in [-0.3, -0.25) is 4.79 Å². The summed E-state index contributed by atoms with van der Waals surface area (Å²) in [6, 6.07) is 2.60. The number of hydrogen-bond donors (Lipinski definition) is 2. The zero-order chi connectivity index (χ0) is 25.7. The van der Waals surface area contributed by atoms with Gasteiger partial charge in [0.2, 0.25) is 5.91 Å². The highest BCUT2D eigenvalue weighted by Gasteiger charge is 2.56. The van der Waals surface area contributed by atoms with Crippen LogP contribution in [0.5, 0.6) is 5.75 Å². The Balaban J connectivity index is 1.36. The number of piperidine rings is 1. The molecule has 2 unspecified atom stereocenters. The Bertz CT molecular complexity index is 1160. The summed E-state index contributed by atoms with van der Waals surface area (Å²) in [5, 5.41) is 20.1. The number of halogens is 4. The molecule has 36 heavy (non-hydrogen) atoms. The maximum Gasteiger partial charge on any atom is 0.573 e. The Morgan fingerprint density at radius 2 is 1.92 bits per heavy atom. The number of amides is 2. The molecule has 2 aliphatic heterocycles. The van der Waals surface area contributed by atoms with Crippen molar-refractivity contribution in [2.24, 2.45) is 11.3 Å². The van der Waals surface area contributed by atoms with E-state index in [9.17, 15) is 32.3 Å². The largest absolute Gasteiger partial charge is 0.573 e. The molecule has 2 saturated heterocycles. The molecule has 2 atom stereocenters. The number of alkyl halides is 3. The number of carbonyl (C=O) groups excluding carboxylic acids is 1. The van der Waals surface area contributed by atoms with Crippen LogP contribution in [-0.4, -0.2) is 74.4 Å². The first-order chi connectivity index (χ1) is 17.0. The molecule has 1 aliphatic carbocycles. The van der Waals surface area contributed by atoms with Crippen molar-refractivity contribution in [3.63, 3.8) is 0 Å². The lowest BCUT2D eigenvalue weighted by Gasteiger charge is -2.61. The van der Waals surface area contributed by atoms with Gasteiger partial charge in [0.1, 0.15) is 11.6 Å². The molecular weight excluding hydrogens is 486 g/mol. The van der Waals surface area contributed by atoms with Crippen molar-refractivity contribution < 1.29 is 37.0 Å². The highest BCUT2D eigenvalue weighted by atomic mass is 19.4. The normalized spacial score (nSPS) is 23.2. The Morgan fingerprint density at radius 1 is 1.19 bits per heavy atom. The van der Waals surface area contributed by atoms with E-state index >= 15 is 0 Å². The minimum absolute atomic E-state index is 0.0719. The van der Waals surface area contributed by atoms with Gasteiger partial charge in [-0.25, -0.2) is 9.18 Å². The first-order valence-electron chi connectivity index (χ1n) is 11.8. The number of nitrogens with one attached hydrogen (secondary N) is 1. The molecule has 0 saturated carbocycles. The second-order valence-corrected chi connectivity index (χ2v) is 9.78. The standard InChI is InChI=1S/C23H25F4N5O4/c24-16-11-15(36-23(25,26)27)3-1-13(16)10-19-22(5-7-31(8-6-22)21(34)35)12-32(19)20(33)14-2-4-17-18(9-14)29-30-28-17/h1,3,11,14,19H,2,4-10,12H2,(H,34,35)(H,28,29,30). The second-order valence-electron chi connectivity index (χ2n) is 9.78. The summed E-state index contributed by atoms with van der Waals surface area (Å²) in [7, 11) is 0. The average Bonchev–Trinajstić information content (AvgIpc) is 3.29. The minimum Gasteiger partial charge on any atom is -0.465 e. The van der Waals surface area contributed by atoms with Gasteiger partial charge >= 0.3 is 12.5 Å². The maximum atomic E-state index is 14.8. The van der Waals surface area contributed by atoms with Gasteiger partial charge in [0.25, 0.3) is 0 Å². The van der Waals surface area contributed by atoms with Crippen LogP contribution in [0.4, 0.5) is 22.4 Å². The average molecular weight is 511 g/mol. The third-order valence-electron chi connectivity index (χ3n) is 7.77. The maximum absolute atomic E-state index is 14.8. The van der Waals surface area contributed by atoms with E-state index in [1.807, 2.05) is 0 Å². The van der Waals surface area contributed by atoms with Crippen LogP contribution in [0.15, 0.2) is 18.2 Å². The Kier molecular flexibility index (Phi) is 6.03. The molecule has 5 rings (SSSR count). The Hall–Kier alpha value is -3.38. The molecule has 2 N–H and O–H groups in total. The van der Waals surface area contributed by atoms with Gasteiger partial charge in [0, 0.05) is 49.5 Å². The number of H-pyrrole nitrogens is 1. The monoisotopic (exact) mass is 511 g/mol.